The molecule has 0 saturated heterocycles. The first-order valence-electron chi connectivity index (χ1n) is 7.98. The van der Waals surface area contributed by atoms with Crippen LogP contribution in [0.3, 0.4) is 0 Å². The van der Waals surface area contributed by atoms with Crippen LogP contribution >= 0.6 is 11.3 Å². The van der Waals surface area contributed by atoms with Gasteiger partial charge in [0.05, 0.1) is 5.39 Å². The van der Waals surface area contributed by atoms with E-state index in [1.54, 1.807) is 23.7 Å². The molecule has 126 valence electrons. The minimum absolute atomic E-state index is 0.684. The number of pyridine rings is 1. The van der Waals surface area contributed by atoms with Crippen LogP contribution in [0, 0.1) is 13.8 Å². The van der Waals surface area contributed by atoms with Crippen molar-refractivity contribution in [2.24, 2.45) is 0 Å². The molecule has 0 aliphatic carbocycles. The molecule has 0 aliphatic heterocycles. The molecule has 0 unspecified atom stereocenters. The number of aromatic amines is 1. The molecule has 8 heteroatoms. The maximum absolute atomic E-state index is 4.76. The monoisotopic (exact) mass is 351 g/mol. The number of H-pyrrole nitrogens is 1. The number of fused-ring (bicyclic) bond motifs is 1. The number of rotatable bonds is 5. The number of hydrogen-bond donors (Lipinski definition) is 2. The van der Waals surface area contributed by atoms with Crippen LogP contribution in [-0.4, -0.2) is 36.7 Å². The lowest BCUT2D eigenvalue weighted by molar-refractivity contribution is 0.898. The van der Waals surface area contributed by atoms with Crippen LogP contribution < -0.4 is 5.32 Å². The molecule has 0 aromatic carbocycles. The summed E-state index contributed by atoms with van der Waals surface area (Å²) in [6.07, 6.45) is 5.80. The number of hydrogen-bond acceptors (Lipinski definition) is 7. The second-order valence-electron chi connectivity index (χ2n) is 5.71. The number of anilines is 1. The summed E-state index contributed by atoms with van der Waals surface area (Å²) < 4.78 is 0. The molecule has 0 fully saturated rings. The van der Waals surface area contributed by atoms with Gasteiger partial charge in [0, 0.05) is 35.8 Å². The zero-order chi connectivity index (χ0) is 17.2. The Balaban J connectivity index is 1.72. The summed E-state index contributed by atoms with van der Waals surface area (Å²) in [5.41, 5.74) is 2.13. The summed E-state index contributed by atoms with van der Waals surface area (Å²) in [6.45, 7) is 4.94. The average Bonchev–Trinajstić information content (AvgIpc) is 3.24. The zero-order valence-corrected chi connectivity index (χ0v) is 14.8. The number of nitrogens with one attached hydrogen (secondary N) is 2. The minimum atomic E-state index is 0.684. The van der Waals surface area contributed by atoms with Gasteiger partial charge < -0.3 is 5.32 Å². The highest BCUT2D eigenvalue weighted by atomic mass is 32.1. The number of thiophene rings is 1. The highest BCUT2D eigenvalue weighted by Crippen LogP contribution is 2.34. The van der Waals surface area contributed by atoms with E-state index in [1.165, 1.54) is 16.8 Å². The lowest BCUT2D eigenvalue weighted by atomic mass is 10.2. The third-order valence-electron chi connectivity index (χ3n) is 4.07. The molecule has 0 atom stereocenters. The van der Waals surface area contributed by atoms with Crippen molar-refractivity contribution in [2.75, 3.05) is 11.9 Å². The first kappa shape index (κ1) is 15.6. The van der Waals surface area contributed by atoms with E-state index in [0.717, 1.165) is 33.8 Å². The summed E-state index contributed by atoms with van der Waals surface area (Å²) in [5, 5.41) is 11.3. The Morgan fingerprint density at radius 3 is 2.92 bits per heavy atom. The maximum Gasteiger partial charge on any atom is 0.164 e. The molecule has 4 heterocycles. The molecule has 0 amide bonds. The van der Waals surface area contributed by atoms with E-state index in [4.69, 9.17) is 9.97 Å². The van der Waals surface area contributed by atoms with Gasteiger partial charge in [-0.1, -0.05) is 0 Å². The quantitative estimate of drug-likeness (QED) is 0.574. The highest BCUT2D eigenvalue weighted by molar-refractivity contribution is 7.18. The molecule has 0 aliphatic rings. The zero-order valence-electron chi connectivity index (χ0n) is 13.9. The fraction of sp³-hybridized carbons (Fsp3) is 0.235. The number of nitrogens with zero attached hydrogens (tertiary/aromatic N) is 5. The summed E-state index contributed by atoms with van der Waals surface area (Å²) in [4.78, 5) is 20.1. The van der Waals surface area contributed by atoms with Gasteiger partial charge in [0.25, 0.3) is 0 Å². The molecular formula is C17H17N7S. The largest absolute Gasteiger partial charge is 0.369 e. The van der Waals surface area contributed by atoms with Gasteiger partial charge in [0.1, 0.15) is 22.8 Å². The van der Waals surface area contributed by atoms with Crippen LogP contribution in [0.4, 0.5) is 5.82 Å². The molecule has 25 heavy (non-hydrogen) atoms. The van der Waals surface area contributed by atoms with Gasteiger partial charge in [0.15, 0.2) is 5.82 Å². The molecule has 4 rings (SSSR count). The lowest BCUT2D eigenvalue weighted by Crippen LogP contribution is -2.09. The standard InChI is InChI=1S/C17H17N7S/c1-10-11(2)25-17-14(10)16(19-7-5-13-20-9-21-24-13)22-15(23-17)12-4-3-6-18-8-12/h3-4,6,8-9H,5,7H2,1-2H3,(H,19,22,23)(H,20,21,24). The first-order valence-corrected chi connectivity index (χ1v) is 8.80. The second-order valence-corrected chi connectivity index (χ2v) is 6.91. The van der Waals surface area contributed by atoms with Crippen LogP contribution in [0.1, 0.15) is 16.3 Å². The van der Waals surface area contributed by atoms with Gasteiger partial charge in [0.2, 0.25) is 0 Å². The van der Waals surface area contributed by atoms with Crippen LogP contribution in [0.5, 0.6) is 0 Å². The van der Waals surface area contributed by atoms with Gasteiger partial charge in [-0.3, -0.25) is 10.1 Å². The second kappa shape index (κ2) is 6.56. The fourth-order valence-electron chi connectivity index (χ4n) is 2.65. The Morgan fingerprint density at radius 2 is 2.16 bits per heavy atom. The number of aryl methyl sites for hydroxylation is 2. The average molecular weight is 351 g/mol. The predicted octanol–water partition coefficient (Wildman–Crippen LogP) is 3.14. The predicted molar refractivity (Wildman–Crippen MR) is 98.7 cm³/mol. The molecule has 0 radical (unpaired) electrons. The Labute approximate surface area is 148 Å². The molecule has 4 aromatic rings. The topological polar surface area (TPSA) is 92.3 Å². The van der Waals surface area contributed by atoms with Crippen LogP contribution in [-0.2, 0) is 6.42 Å². The molecular weight excluding hydrogens is 334 g/mol. The van der Waals surface area contributed by atoms with Crippen molar-refractivity contribution >= 4 is 27.4 Å². The van der Waals surface area contributed by atoms with E-state index < -0.39 is 0 Å². The van der Waals surface area contributed by atoms with Gasteiger partial charge in [-0.2, -0.15) is 5.10 Å². The summed E-state index contributed by atoms with van der Waals surface area (Å²) in [6, 6.07) is 3.87. The van der Waals surface area contributed by atoms with Crippen molar-refractivity contribution in [1.29, 1.82) is 0 Å². The van der Waals surface area contributed by atoms with Crippen LogP contribution in [0.25, 0.3) is 21.6 Å². The third-order valence-corrected chi connectivity index (χ3v) is 5.17. The van der Waals surface area contributed by atoms with E-state index in [1.807, 2.05) is 12.1 Å². The maximum atomic E-state index is 4.76. The van der Waals surface area contributed by atoms with Crippen molar-refractivity contribution in [3.63, 3.8) is 0 Å². The van der Waals surface area contributed by atoms with Gasteiger partial charge in [-0.25, -0.2) is 15.0 Å². The normalized spacial score (nSPS) is 11.1. The molecule has 7 nitrogen and oxygen atoms in total. The van der Waals surface area contributed by atoms with E-state index in [9.17, 15) is 0 Å². The van der Waals surface area contributed by atoms with Crippen molar-refractivity contribution in [3.8, 4) is 11.4 Å². The first-order chi connectivity index (χ1) is 12.2. The van der Waals surface area contributed by atoms with Crippen molar-refractivity contribution < 1.29 is 0 Å². The van der Waals surface area contributed by atoms with Crippen molar-refractivity contribution in [2.45, 2.75) is 20.3 Å². The fourth-order valence-corrected chi connectivity index (χ4v) is 3.68. The van der Waals surface area contributed by atoms with Crippen molar-refractivity contribution in [3.05, 3.63) is 47.1 Å². The SMILES string of the molecule is Cc1sc2nc(-c3cccnc3)nc(NCCc3ncn[nH]3)c2c1C. The third kappa shape index (κ3) is 3.08. The van der Waals surface area contributed by atoms with Gasteiger partial charge >= 0.3 is 0 Å². The Bertz CT molecular complexity index is 993. The van der Waals surface area contributed by atoms with E-state index in [0.29, 0.717) is 12.4 Å². The Morgan fingerprint density at radius 1 is 1.24 bits per heavy atom. The Kier molecular flexibility index (Phi) is 4.10. The minimum Gasteiger partial charge on any atom is -0.369 e. The number of aromatic nitrogens is 6. The summed E-state index contributed by atoms with van der Waals surface area (Å²) in [5.74, 6) is 2.39. The summed E-state index contributed by atoms with van der Waals surface area (Å²) in [7, 11) is 0. The summed E-state index contributed by atoms with van der Waals surface area (Å²) >= 11 is 1.69. The van der Waals surface area contributed by atoms with Crippen LogP contribution in [0.2, 0.25) is 0 Å². The van der Waals surface area contributed by atoms with Gasteiger partial charge in [-0.15, -0.1) is 11.3 Å². The molecule has 4 aromatic heterocycles. The molecule has 0 bridgehead atoms. The highest BCUT2D eigenvalue weighted by Gasteiger charge is 2.15. The molecule has 0 spiro atoms. The van der Waals surface area contributed by atoms with E-state index in [2.05, 4.69) is 39.3 Å². The molecule has 2 N–H and O–H groups in total. The molecule has 0 saturated carbocycles. The van der Waals surface area contributed by atoms with Crippen molar-refractivity contribution in [1.82, 2.24) is 30.1 Å². The van der Waals surface area contributed by atoms with E-state index >= 15 is 0 Å². The Hall–Kier alpha value is -2.87. The van der Waals surface area contributed by atoms with Crippen LogP contribution in [0.15, 0.2) is 30.9 Å². The van der Waals surface area contributed by atoms with E-state index in [-0.39, 0.29) is 0 Å². The van der Waals surface area contributed by atoms with Gasteiger partial charge in [-0.05, 0) is 31.5 Å². The lowest BCUT2D eigenvalue weighted by Gasteiger charge is -2.09. The smallest absolute Gasteiger partial charge is 0.164 e.